The summed E-state index contributed by atoms with van der Waals surface area (Å²) >= 11 is 0. The summed E-state index contributed by atoms with van der Waals surface area (Å²) in [5, 5.41) is 9.25. The third kappa shape index (κ3) is 3.72. The molecule has 0 radical (unpaired) electrons. The summed E-state index contributed by atoms with van der Waals surface area (Å²) in [5.74, 6) is -3.16. The second kappa shape index (κ2) is 6.09. The summed E-state index contributed by atoms with van der Waals surface area (Å²) in [5.41, 5.74) is 5.01. The summed E-state index contributed by atoms with van der Waals surface area (Å²) in [4.78, 5) is 0. The van der Waals surface area contributed by atoms with Gasteiger partial charge >= 0.3 is 0 Å². The normalized spacial score (nSPS) is 14.1. The Kier molecular flexibility index (Phi) is 5.88. The number of aliphatic hydroxyl groups is 1. The molecule has 4 heteroatoms. The number of alkyl halides is 2. The number of aliphatic hydroxyl groups excluding tert-OH is 1. The number of rotatable bonds is 7. The van der Waals surface area contributed by atoms with Crippen molar-refractivity contribution in [2.75, 3.05) is 6.54 Å². The van der Waals surface area contributed by atoms with Gasteiger partial charge in [0, 0.05) is 0 Å². The van der Waals surface area contributed by atoms with E-state index in [-0.39, 0.29) is 18.4 Å². The lowest BCUT2D eigenvalue weighted by Gasteiger charge is -2.23. The Morgan fingerprint density at radius 2 is 2.07 bits per heavy atom. The molecule has 0 saturated carbocycles. The smallest absolute Gasteiger partial charge is 0.294 e. The number of halogens is 2. The van der Waals surface area contributed by atoms with Crippen LogP contribution >= 0.6 is 0 Å². The van der Waals surface area contributed by atoms with Crippen molar-refractivity contribution in [3.63, 3.8) is 0 Å². The van der Waals surface area contributed by atoms with Gasteiger partial charge in [-0.3, -0.25) is 0 Å². The fourth-order valence-electron chi connectivity index (χ4n) is 1.13. The number of hydrogen-bond donors (Lipinski definition) is 2. The molecule has 0 aliphatic heterocycles. The second-order valence-corrected chi connectivity index (χ2v) is 3.38. The molecule has 0 aromatic rings. The zero-order chi connectivity index (χ0) is 11.2. The molecule has 0 saturated heterocycles. The minimum Gasteiger partial charge on any atom is -0.386 e. The van der Waals surface area contributed by atoms with Gasteiger partial charge in [0.1, 0.15) is 6.10 Å². The Morgan fingerprint density at radius 3 is 2.50 bits per heavy atom. The first-order valence-corrected chi connectivity index (χ1v) is 4.91. The van der Waals surface area contributed by atoms with Crippen LogP contribution in [0.5, 0.6) is 0 Å². The van der Waals surface area contributed by atoms with Crippen molar-refractivity contribution in [3.8, 4) is 0 Å². The van der Waals surface area contributed by atoms with Gasteiger partial charge in [0.25, 0.3) is 5.92 Å². The van der Waals surface area contributed by atoms with E-state index in [1.807, 2.05) is 0 Å². The first-order chi connectivity index (χ1) is 6.46. The fraction of sp³-hybridized carbons (Fsp3) is 0.800. The van der Waals surface area contributed by atoms with E-state index < -0.39 is 12.0 Å². The van der Waals surface area contributed by atoms with Gasteiger partial charge in [-0.1, -0.05) is 13.5 Å². The molecule has 0 aromatic heterocycles. The Bertz CT molecular complexity index is 183. The molecule has 0 rings (SSSR count). The molecule has 2 nitrogen and oxygen atoms in total. The summed E-state index contributed by atoms with van der Waals surface area (Å²) in [6.45, 7) is 5.32. The Hall–Kier alpha value is -0.480. The molecule has 14 heavy (non-hydrogen) atoms. The van der Waals surface area contributed by atoms with Gasteiger partial charge in [-0.2, -0.15) is 8.78 Å². The molecule has 0 aliphatic rings. The van der Waals surface area contributed by atoms with E-state index in [1.54, 1.807) is 6.92 Å². The van der Waals surface area contributed by atoms with Crippen molar-refractivity contribution >= 4 is 0 Å². The molecule has 0 aliphatic carbocycles. The average Bonchev–Trinajstić information content (AvgIpc) is 2.16. The predicted molar refractivity (Wildman–Crippen MR) is 53.3 cm³/mol. The highest BCUT2D eigenvalue weighted by molar-refractivity contribution is 5.09. The van der Waals surface area contributed by atoms with Gasteiger partial charge in [-0.15, -0.1) is 0 Å². The molecule has 0 spiro atoms. The highest BCUT2D eigenvalue weighted by Crippen LogP contribution is 2.31. The maximum Gasteiger partial charge on any atom is 0.294 e. The molecular weight excluding hydrogens is 188 g/mol. The van der Waals surface area contributed by atoms with Crippen LogP contribution in [0.1, 0.15) is 32.6 Å². The van der Waals surface area contributed by atoms with E-state index in [9.17, 15) is 13.9 Å². The van der Waals surface area contributed by atoms with Crippen molar-refractivity contribution in [2.45, 2.75) is 44.6 Å². The van der Waals surface area contributed by atoms with Gasteiger partial charge in [0.15, 0.2) is 0 Å². The fourth-order valence-corrected chi connectivity index (χ4v) is 1.13. The lowest BCUT2D eigenvalue weighted by molar-refractivity contribution is -0.0834. The molecule has 1 unspecified atom stereocenters. The Balaban J connectivity index is 4.07. The second-order valence-electron chi connectivity index (χ2n) is 3.38. The number of hydrogen-bond acceptors (Lipinski definition) is 2. The topological polar surface area (TPSA) is 46.2 Å². The van der Waals surface area contributed by atoms with Crippen LogP contribution in [0.2, 0.25) is 0 Å². The lowest BCUT2D eigenvalue weighted by atomic mass is 9.98. The third-order valence-electron chi connectivity index (χ3n) is 2.25. The van der Waals surface area contributed by atoms with Crippen molar-refractivity contribution in [3.05, 3.63) is 12.2 Å². The maximum atomic E-state index is 13.3. The van der Waals surface area contributed by atoms with Crippen LogP contribution in [0.25, 0.3) is 0 Å². The van der Waals surface area contributed by atoms with Crippen molar-refractivity contribution < 1.29 is 13.9 Å². The first kappa shape index (κ1) is 13.5. The van der Waals surface area contributed by atoms with E-state index in [4.69, 9.17) is 5.73 Å². The summed E-state index contributed by atoms with van der Waals surface area (Å²) in [7, 11) is 0. The van der Waals surface area contributed by atoms with Gasteiger partial charge in [0.05, 0.1) is 0 Å². The Labute approximate surface area is 83.8 Å². The monoisotopic (exact) mass is 207 g/mol. The molecule has 1 atom stereocenters. The quantitative estimate of drug-likeness (QED) is 0.496. The van der Waals surface area contributed by atoms with Crippen LogP contribution < -0.4 is 5.73 Å². The minimum atomic E-state index is -3.16. The van der Waals surface area contributed by atoms with Crippen LogP contribution in [-0.4, -0.2) is 23.7 Å². The molecule has 3 N–H and O–H groups in total. The van der Waals surface area contributed by atoms with Gasteiger partial charge in [-0.25, -0.2) is 0 Å². The van der Waals surface area contributed by atoms with E-state index in [0.717, 1.165) is 0 Å². The molecule has 0 bridgehead atoms. The van der Waals surface area contributed by atoms with Crippen LogP contribution in [-0.2, 0) is 0 Å². The third-order valence-corrected chi connectivity index (χ3v) is 2.25. The molecular formula is C10H19F2NO. The zero-order valence-electron chi connectivity index (χ0n) is 8.60. The van der Waals surface area contributed by atoms with Gasteiger partial charge in [-0.05, 0) is 37.8 Å². The summed E-state index contributed by atoms with van der Waals surface area (Å²) in [6, 6.07) is 0. The lowest BCUT2D eigenvalue weighted by Crippen LogP contribution is -2.35. The molecule has 0 fully saturated rings. The first-order valence-electron chi connectivity index (χ1n) is 4.91. The van der Waals surface area contributed by atoms with E-state index in [1.165, 1.54) is 0 Å². The van der Waals surface area contributed by atoms with Crippen LogP contribution in [0.4, 0.5) is 8.78 Å². The van der Waals surface area contributed by atoms with Crippen LogP contribution in [0.3, 0.4) is 0 Å². The predicted octanol–water partition coefficient (Wildman–Crippen LogP) is 2.08. The number of unbranched alkanes of at least 4 members (excludes halogenated alkanes) is 1. The minimum absolute atomic E-state index is 0.0726. The van der Waals surface area contributed by atoms with Crippen molar-refractivity contribution in [1.29, 1.82) is 0 Å². The molecule has 84 valence electrons. The van der Waals surface area contributed by atoms with Crippen molar-refractivity contribution in [1.82, 2.24) is 0 Å². The standard InChI is InChI=1S/C10H19F2NO/c1-3-8(2)10(11,12)9(14)6-4-5-7-13/h9,14H,2-7,13H2,1H3. The van der Waals surface area contributed by atoms with E-state index >= 15 is 0 Å². The summed E-state index contributed by atoms with van der Waals surface area (Å²) < 4.78 is 26.5. The SMILES string of the molecule is C=C(CC)C(F)(F)C(O)CCCCN. The maximum absolute atomic E-state index is 13.3. The Morgan fingerprint density at radius 1 is 1.50 bits per heavy atom. The van der Waals surface area contributed by atoms with Crippen LogP contribution in [0.15, 0.2) is 12.2 Å². The van der Waals surface area contributed by atoms with Crippen molar-refractivity contribution in [2.24, 2.45) is 5.73 Å². The van der Waals surface area contributed by atoms with Gasteiger partial charge < -0.3 is 10.8 Å². The van der Waals surface area contributed by atoms with E-state index in [0.29, 0.717) is 19.4 Å². The van der Waals surface area contributed by atoms with Crippen LogP contribution in [0, 0.1) is 0 Å². The molecule has 0 amide bonds. The van der Waals surface area contributed by atoms with E-state index in [2.05, 4.69) is 6.58 Å². The largest absolute Gasteiger partial charge is 0.386 e. The summed E-state index contributed by atoms with van der Waals surface area (Å²) in [6.07, 6.45) is -0.193. The zero-order valence-corrected chi connectivity index (χ0v) is 8.60. The highest BCUT2D eigenvalue weighted by atomic mass is 19.3. The average molecular weight is 207 g/mol. The molecule has 0 heterocycles. The molecule has 0 aromatic carbocycles. The van der Waals surface area contributed by atoms with Gasteiger partial charge in [0.2, 0.25) is 0 Å². The number of nitrogens with two attached hydrogens (primary N) is 1. The highest BCUT2D eigenvalue weighted by Gasteiger charge is 2.39.